The van der Waals surface area contributed by atoms with Crippen LogP contribution < -0.4 is 15.8 Å². The number of alkyl halides is 3. The van der Waals surface area contributed by atoms with Gasteiger partial charge in [0.25, 0.3) is 5.56 Å². The molecule has 33 heavy (non-hydrogen) atoms. The van der Waals surface area contributed by atoms with E-state index in [4.69, 9.17) is 4.74 Å². The molecule has 1 aliphatic heterocycles. The molecule has 8 nitrogen and oxygen atoms in total. The summed E-state index contributed by atoms with van der Waals surface area (Å²) < 4.78 is 48.6. The Kier molecular flexibility index (Phi) is 6.76. The maximum Gasteiger partial charge on any atom is 0.408 e. The molecule has 0 radical (unpaired) electrons. The van der Waals surface area contributed by atoms with Gasteiger partial charge in [0.1, 0.15) is 11.9 Å². The SMILES string of the molecule is CCO[C@H](CNc1cc(=O)n2c(n1)N(CC(=O)c1scnc1C)[C@H](C(F)(F)F)CC2)C1CC1.[HH]. The third kappa shape index (κ3) is 5.21. The second-order valence-corrected chi connectivity index (χ2v) is 9.16. The molecule has 1 saturated carbocycles. The Labute approximate surface area is 194 Å². The summed E-state index contributed by atoms with van der Waals surface area (Å²) in [7, 11) is 0. The fourth-order valence-electron chi connectivity index (χ4n) is 4.13. The van der Waals surface area contributed by atoms with E-state index in [1.165, 1.54) is 16.1 Å². The summed E-state index contributed by atoms with van der Waals surface area (Å²) >= 11 is 1.08. The molecule has 0 spiro atoms. The van der Waals surface area contributed by atoms with Crippen LogP contribution in [0.2, 0.25) is 0 Å². The predicted octanol–water partition coefficient (Wildman–Crippen LogP) is 3.51. The van der Waals surface area contributed by atoms with E-state index in [1.54, 1.807) is 6.92 Å². The molecule has 12 heteroatoms. The molecule has 0 amide bonds. The standard InChI is InChI=1S/C21H26F3N5O3S.H2/c1-3-32-15(13-4-5-13)9-25-17-8-18(31)28-7-6-16(21(22,23)24)29(20(28)27-17)10-14(30)19-12(2)26-11-33-19;/h8,11,13,15-16,25H,3-7,9-10H2,1-2H3;1H/t15-,16+;/m1./s1. The highest BCUT2D eigenvalue weighted by Gasteiger charge is 2.47. The number of carbonyl (C=O) groups excluding carboxylic acids is 1. The van der Waals surface area contributed by atoms with Gasteiger partial charge in [0, 0.05) is 27.2 Å². The maximum absolute atomic E-state index is 13.9. The number of carbonyl (C=O) groups is 1. The molecule has 0 unspecified atom stereocenters. The quantitative estimate of drug-likeness (QED) is 0.542. The lowest BCUT2D eigenvalue weighted by atomic mass is 10.1. The molecule has 1 N–H and O–H groups in total. The zero-order chi connectivity index (χ0) is 23.8. The van der Waals surface area contributed by atoms with Crippen molar-refractivity contribution in [2.75, 3.05) is 29.9 Å². The van der Waals surface area contributed by atoms with E-state index >= 15 is 0 Å². The summed E-state index contributed by atoms with van der Waals surface area (Å²) in [6.45, 7) is 3.80. The van der Waals surface area contributed by atoms with Gasteiger partial charge >= 0.3 is 6.18 Å². The lowest BCUT2D eigenvalue weighted by Crippen LogP contribution is -2.54. The third-order valence-electron chi connectivity index (χ3n) is 5.95. The highest BCUT2D eigenvalue weighted by atomic mass is 32.1. The number of ether oxygens (including phenoxy) is 1. The maximum atomic E-state index is 13.9. The predicted molar refractivity (Wildman–Crippen MR) is 120 cm³/mol. The van der Waals surface area contributed by atoms with Crippen LogP contribution in [-0.2, 0) is 11.3 Å². The van der Waals surface area contributed by atoms with Crippen molar-refractivity contribution < 1.29 is 24.1 Å². The van der Waals surface area contributed by atoms with Crippen LogP contribution in [0.1, 0.15) is 43.0 Å². The summed E-state index contributed by atoms with van der Waals surface area (Å²) in [6, 6.07) is -0.639. The van der Waals surface area contributed by atoms with Crippen LogP contribution in [0.15, 0.2) is 16.4 Å². The molecule has 4 rings (SSSR count). The molecule has 182 valence electrons. The van der Waals surface area contributed by atoms with Crippen LogP contribution in [0.25, 0.3) is 0 Å². The molecule has 0 saturated heterocycles. The van der Waals surface area contributed by atoms with Gasteiger partial charge in [-0.15, -0.1) is 11.3 Å². The number of hydrogen-bond acceptors (Lipinski definition) is 8. The van der Waals surface area contributed by atoms with Gasteiger partial charge in [0.15, 0.2) is 5.78 Å². The van der Waals surface area contributed by atoms with Gasteiger partial charge in [-0.3, -0.25) is 14.2 Å². The van der Waals surface area contributed by atoms with Crippen molar-refractivity contribution in [3.8, 4) is 0 Å². The average Bonchev–Trinajstić information content (AvgIpc) is 3.50. The van der Waals surface area contributed by atoms with Gasteiger partial charge in [0.05, 0.1) is 28.7 Å². The molecule has 1 aliphatic carbocycles. The number of rotatable bonds is 9. The number of halogens is 3. The summed E-state index contributed by atoms with van der Waals surface area (Å²) in [5.74, 6) is -0.0441. The van der Waals surface area contributed by atoms with E-state index in [-0.39, 0.29) is 32.3 Å². The highest BCUT2D eigenvalue weighted by molar-refractivity contribution is 7.12. The van der Waals surface area contributed by atoms with Crippen molar-refractivity contribution in [1.82, 2.24) is 14.5 Å². The minimum absolute atomic E-state index is 0. The molecule has 0 bridgehead atoms. The molecule has 2 aromatic rings. The number of nitrogens with zero attached hydrogens (tertiary/aromatic N) is 4. The number of fused-ring (bicyclic) bond motifs is 1. The minimum Gasteiger partial charge on any atom is -0.376 e. The normalized spacial score (nSPS) is 19.3. The zero-order valence-electron chi connectivity index (χ0n) is 18.4. The van der Waals surface area contributed by atoms with E-state index in [0.717, 1.165) is 29.1 Å². The number of Topliss-reactive ketones (excluding diaryl/α,β-unsaturated/α-hetero) is 1. The van der Waals surface area contributed by atoms with Gasteiger partial charge in [-0.1, -0.05) is 0 Å². The number of aryl methyl sites for hydroxylation is 1. The Morgan fingerprint density at radius 1 is 1.39 bits per heavy atom. The topological polar surface area (TPSA) is 89.4 Å². The lowest BCUT2D eigenvalue weighted by molar-refractivity contribution is -0.152. The number of hydrogen-bond donors (Lipinski definition) is 1. The van der Waals surface area contributed by atoms with E-state index in [1.807, 2.05) is 6.92 Å². The second-order valence-electron chi connectivity index (χ2n) is 8.31. The van der Waals surface area contributed by atoms with Crippen LogP contribution in [0, 0.1) is 12.8 Å². The van der Waals surface area contributed by atoms with Gasteiger partial charge in [-0.05, 0) is 39.0 Å². The Balaban J connectivity index is 0.00000324. The molecular formula is C21H28F3N5O3S. The fraction of sp³-hybridized carbons (Fsp3) is 0.619. The van der Waals surface area contributed by atoms with Crippen molar-refractivity contribution in [3.63, 3.8) is 0 Å². The number of nitrogens with one attached hydrogen (secondary N) is 1. The Morgan fingerprint density at radius 2 is 2.15 bits per heavy atom. The average molecular weight is 488 g/mol. The Hall–Kier alpha value is -2.47. The van der Waals surface area contributed by atoms with E-state index in [9.17, 15) is 22.8 Å². The first-order valence-electron chi connectivity index (χ1n) is 10.9. The molecule has 2 atom stereocenters. The third-order valence-corrected chi connectivity index (χ3v) is 6.92. The molecule has 2 aliphatic rings. The van der Waals surface area contributed by atoms with E-state index in [2.05, 4.69) is 15.3 Å². The minimum atomic E-state index is -4.58. The van der Waals surface area contributed by atoms with Crippen LogP contribution in [0.5, 0.6) is 0 Å². The summed E-state index contributed by atoms with van der Waals surface area (Å²) in [5, 5.41) is 3.06. The molecule has 2 aromatic heterocycles. The zero-order valence-corrected chi connectivity index (χ0v) is 19.2. The Morgan fingerprint density at radius 3 is 2.76 bits per heavy atom. The fourth-order valence-corrected chi connectivity index (χ4v) is 4.86. The summed E-state index contributed by atoms with van der Waals surface area (Å²) in [4.78, 5) is 35.1. The van der Waals surface area contributed by atoms with Crippen molar-refractivity contribution in [1.29, 1.82) is 0 Å². The Bertz CT molecular complexity index is 1070. The first-order valence-corrected chi connectivity index (χ1v) is 11.8. The smallest absolute Gasteiger partial charge is 0.376 e. The molecule has 1 fully saturated rings. The summed E-state index contributed by atoms with van der Waals surface area (Å²) in [6.07, 6.45) is -2.85. The highest BCUT2D eigenvalue weighted by Crippen LogP contribution is 2.36. The van der Waals surface area contributed by atoms with Crippen LogP contribution in [0.4, 0.5) is 24.9 Å². The van der Waals surface area contributed by atoms with Crippen LogP contribution in [0.3, 0.4) is 0 Å². The van der Waals surface area contributed by atoms with E-state index < -0.39 is 30.1 Å². The lowest BCUT2D eigenvalue weighted by Gasteiger charge is -2.38. The van der Waals surface area contributed by atoms with Crippen molar-refractivity contribution in [2.45, 2.75) is 58.0 Å². The monoisotopic (exact) mass is 487 g/mol. The van der Waals surface area contributed by atoms with Crippen molar-refractivity contribution in [3.05, 3.63) is 32.5 Å². The van der Waals surface area contributed by atoms with Crippen molar-refractivity contribution >= 4 is 28.9 Å². The molecular weight excluding hydrogens is 459 g/mol. The molecule has 3 heterocycles. The number of ketones is 1. The first kappa shape index (κ1) is 23.7. The van der Waals surface area contributed by atoms with Gasteiger partial charge < -0.3 is 15.0 Å². The first-order chi connectivity index (χ1) is 15.7. The van der Waals surface area contributed by atoms with Gasteiger partial charge in [-0.25, -0.2) is 4.98 Å². The van der Waals surface area contributed by atoms with Gasteiger partial charge in [0.2, 0.25) is 5.95 Å². The largest absolute Gasteiger partial charge is 0.408 e. The summed E-state index contributed by atoms with van der Waals surface area (Å²) in [5.41, 5.74) is 1.48. The second kappa shape index (κ2) is 9.41. The number of thiazole rings is 1. The van der Waals surface area contributed by atoms with Crippen molar-refractivity contribution in [2.24, 2.45) is 5.92 Å². The van der Waals surface area contributed by atoms with Crippen LogP contribution >= 0.6 is 11.3 Å². The van der Waals surface area contributed by atoms with Gasteiger partial charge in [-0.2, -0.15) is 18.2 Å². The molecule has 0 aromatic carbocycles. The number of aromatic nitrogens is 3. The number of anilines is 2. The van der Waals surface area contributed by atoms with Crippen LogP contribution in [-0.4, -0.2) is 58.3 Å². The van der Waals surface area contributed by atoms with E-state index in [0.29, 0.717) is 29.6 Å².